The van der Waals surface area contributed by atoms with Crippen LogP contribution in [0.3, 0.4) is 0 Å². The Hall–Kier alpha value is -0.930. The molecule has 4 heteroatoms. The molecule has 0 bridgehead atoms. The van der Waals surface area contributed by atoms with Crippen molar-refractivity contribution >= 4 is 11.6 Å². The van der Waals surface area contributed by atoms with Crippen LogP contribution in [0.5, 0.6) is 11.5 Å². The van der Waals surface area contributed by atoms with Crippen LogP contribution in [0, 0.1) is 0 Å². The van der Waals surface area contributed by atoms with Crippen LogP contribution in [-0.2, 0) is 0 Å². The number of ether oxygens (including phenoxy) is 2. The van der Waals surface area contributed by atoms with Gasteiger partial charge in [0.05, 0.1) is 11.1 Å². The van der Waals surface area contributed by atoms with E-state index in [0.717, 1.165) is 18.4 Å². The van der Waals surface area contributed by atoms with Crippen molar-refractivity contribution in [1.82, 2.24) is 0 Å². The number of aliphatic hydroxyl groups is 1. The summed E-state index contributed by atoms with van der Waals surface area (Å²) in [5.74, 6) is 1.22. The Kier molecular flexibility index (Phi) is 5.34. The maximum atomic E-state index is 10.2. The molecule has 0 fully saturated rings. The summed E-state index contributed by atoms with van der Waals surface area (Å²) in [7, 11) is 0. The van der Waals surface area contributed by atoms with Crippen LogP contribution in [0.25, 0.3) is 0 Å². The molecule has 1 aliphatic heterocycles. The minimum Gasteiger partial charge on any atom is -0.454 e. The lowest BCUT2D eigenvalue weighted by molar-refractivity contribution is 0.162. The van der Waals surface area contributed by atoms with E-state index in [9.17, 15) is 5.11 Å². The first-order chi connectivity index (χ1) is 9.22. The van der Waals surface area contributed by atoms with Gasteiger partial charge in [0.25, 0.3) is 0 Å². The van der Waals surface area contributed by atoms with Gasteiger partial charge >= 0.3 is 0 Å². The van der Waals surface area contributed by atoms with Crippen LogP contribution in [0.2, 0.25) is 5.02 Å². The highest BCUT2D eigenvalue weighted by Gasteiger charge is 2.20. The summed E-state index contributed by atoms with van der Waals surface area (Å²) in [5, 5.41) is 10.7. The van der Waals surface area contributed by atoms with Crippen molar-refractivity contribution in [3.05, 3.63) is 22.7 Å². The number of hydrogen-bond donors (Lipinski definition) is 1. The fourth-order valence-corrected chi connectivity index (χ4v) is 2.56. The third kappa shape index (κ3) is 3.77. The van der Waals surface area contributed by atoms with E-state index in [4.69, 9.17) is 21.1 Å². The Morgan fingerprint density at radius 3 is 2.79 bits per heavy atom. The van der Waals surface area contributed by atoms with Crippen LogP contribution < -0.4 is 9.47 Å². The second-order valence-electron chi connectivity index (χ2n) is 4.96. The third-order valence-electron chi connectivity index (χ3n) is 3.42. The van der Waals surface area contributed by atoms with Crippen LogP contribution in [-0.4, -0.2) is 11.9 Å². The van der Waals surface area contributed by atoms with Crippen molar-refractivity contribution in [3.63, 3.8) is 0 Å². The highest BCUT2D eigenvalue weighted by Crippen LogP contribution is 2.41. The lowest BCUT2D eigenvalue weighted by Gasteiger charge is -2.12. The maximum Gasteiger partial charge on any atom is 0.231 e. The van der Waals surface area contributed by atoms with Crippen molar-refractivity contribution in [2.75, 3.05) is 6.79 Å². The number of halogens is 1. The average Bonchev–Trinajstić information content (AvgIpc) is 2.87. The monoisotopic (exact) mass is 284 g/mol. The first kappa shape index (κ1) is 14.5. The van der Waals surface area contributed by atoms with E-state index in [2.05, 4.69) is 6.92 Å². The van der Waals surface area contributed by atoms with Gasteiger partial charge in [0.15, 0.2) is 11.5 Å². The Morgan fingerprint density at radius 2 is 2.00 bits per heavy atom. The normalized spacial score (nSPS) is 14.7. The molecule has 1 unspecified atom stereocenters. The molecule has 1 heterocycles. The zero-order valence-corrected chi connectivity index (χ0v) is 12.1. The standard InChI is InChI=1S/C15H21ClO3/c1-2-3-4-5-6-7-13(17)11-8-12(16)15-14(9-11)18-10-19-15/h8-9,13,17H,2-7,10H2,1H3. The molecule has 1 aromatic carbocycles. The number of aliphatic hydroxyl groups excluding tert-OH is 1. The number of unbranched alkanes of at least 4 members (excludes halogenated alkanes) is 4. The van der Waals surface area contributed by atoms with E-state index in [1.807, 2.05) is 6.07 Å². The van der Waals surface area contributed by atoms with Crippen LogP contribution in [0.4, 0.5) is 0 Å². The molecule has 19 heavy (non-hydrogen) atoms. The molecule has 2 rings (SSSR count). The van der Waals surface area contributed by atoms with Gasteiger partial charge in [-0.1, -0.05) is 50.6 Å². The molecular formula is C15H21ClO3. The first-order valence-electron chi connectivity index (χ1n) is 6.99. The summed E-state index contributed by atoms with van der Waals surface area (Å²) < 4.78 is 10.6. The number of hydrogen-bond acceptors (Lipinski definition) is 3. The average molecular weight is 285 g/mol. The lowest BCUT2D eigenvalue weighted by atomic mass is 10.0. The molecule has 106 valence electrons. The van der Waals surface area contributed by atoms with Crippen molar-refractivity contribution in [2.45, 2.75) is 51.6 Å². The van der Waals surface area contributed by atoms with Gasteiger partial charge in [-0.05, 0) is 24.1 Å². The van der Waals surface area contributed by atoms with Crippen molar-refractivity contribution in [1.29, 1.82) is 0 Å². The second kappa shape index (κ2) is 7.01. The van der Waals surface area contributed by atoms with Crippen molar-refractivity contribution < 1.29 is 14.6 Å². The molecule has 1 N–H and O–H groups in total. The Morgan fingerprint density at radius 1 is 1.21 bits per heavy atom. The summed E-state index contributed by atoms with van der Waals surface area (Å²) >= 11 is 6.11. The molecule has 3 nitrogen and oxygen atoms in total. The zero-order valence-electron chi connectivity index (χ0n) is 11.3. The predicted molar refractivity (Wildman–Crippen MR) is 75.9 cm³/mol. The summed E-state index contributed by atoms with van der Waals surface area (Å²) in [6.07, 6.45) is 6.24. The summed E-state index contributed by atoms with van der Waals surface area (Å²) in [6, 6.07) is 3.59. The van der Waals surface area contributed by atoms with E-state index >= 15 is 0 Å². The first-order valence-corrected chi connectivity index (χ1v) is 7.37. The maximum absolute atomic E-state index is 10.2. The number of benzene rings is 1. The molecule has 0 spiro atoms. The Balaban J connectivity index is 1.89. The third-order valence-corrected chi connectivity index (χ3v) is 3.70. The minimum atomic E-state index is -0.478. The molecule has 1 atom stereocenters. The molecule has 0 aromatic heterocycles. The molecule has 0 aliphatic carbocycles. The molecule has 1 aliphatic rings. The minimum absolute atomic E-state index is 0.200. The Labute approximate surface area is 119 Å². The van der Waals surface area contributed by atoms with Crippen molar-refractivity contribution in [3.8, 4) is 11.5 Å². The van der Waals surface area contributed by atoms with Crippen LogP contribution >= 0.6 is 11.6 Å². The van der Waals surface area contributed by atoms with Gasteiger partial charge in [-0.25, -0.2) is 0 Å². The smallest absolute Gasteiger partial charge is 0.231 e. The van der Waals surface area contributed by atoms with Gasteiger partial charge in [0.1, 0.15) is 0 Å². The van der Waals surface area contributed by atoms with E-state index in [1.165, 1.54) is 25.7 Å². The quantitative estimate of drug-likeness (QED) is 0.751. The van der Waals surface area contributed by atoms with Crippen molar-refractivity contribution in [2.24, 2.45) is 0 Å². The number of rotatable bonds is 7. The van der Waals surface area contributed by atoms with E-state index in [1.54, 1.807) is 6.07 Å². The number of fused-ring (bicyclic) bond motifs is 1. The van der Waals surface area contributed by atoms with E-state index in [0.29, 0.717) is 16.5 Å². The van der Waals surface area contributed by atoms with Gasteiger partial charge < -0.3 is 14.6 Å². The van der Waals surface area contributed by atoms with Gasteiger partial charge in [0, 0.05) is 0 Å². The van der Waals surface area contributed by atoms with Gasteiger partial charge in [-0.15, -0.1) is 0 Å². The van der Waals surface area contributed by atoms with Gasteiger partial charge in [0.2, 0.25) is 6.79 Å². The highest BCUT2D eigenvalue weighted by atomic mass is 35.5. The summed E-state index contributed by atoms with van der Waals surface area (Å²) in [5.41, 5.74) is 0.810. The second-order valence-corrected chi connectivity index (χ2v) is 5.36. The summed E-state index contributed by atoms with van der Waals surface area (Å²) in [4.78, 5) is 0. The fraction of sp³-hybridized carbons (Fsp3) is 0.600. The topological polar surface area (TPSA) is 38.7 Å². The lowest BCUT2D eigenvalue weighted by Crippen LogP contribution is -1.98. The fourth-order valence-electron chi connectivity index (χ4n) is 2.29. The molecule has 0 radical (unpaired) electrons. The van der Waals surface area contributed by atoms with E-state index < -0.39 is 6.10 Å². The molecular weight excluding hydrogens is 264 g/mol. The molecule has 0 saturated heterocycles. The Bertz CT molecular complexity index is 420. The summed E-state index contributed by atoms with van der Waals surface area (Å²) in [6.45, 7) is 2.40. The highest BCUT2D eigenvalue weighted by molar-refractivity contribution is 6.32. The molecule has 1 aromatic rings. The van der Waals surface area contributed by atoms with Gasteiger partial charge in [-0.2, -0.15) is 0 Å². The van der Waals surface area contributed by atoms with Gasteiger partial charge in [-0.3, -0.25) is 0 Å². The van der Waals surface area contributed by atoms with E-state index in [-0.39, 0.29) is 6.79 Å². The van der Waals surface area contributed by atoms with Crippen LogP contribution in [0.1, 0.15) is 57.1 Å². The molecule has 0 amide bonds. The van der Waals surface area contributed by atoms with Crippen LogP contribution in [0.15, 0.2) is 12.1 Å². The largest absolute Gasteiger partial charge is 0.454 e. The SMILES string of the molecule is CCCCCCCC(O)c1cc(Cl)c2c(c1)OCO2. The molecule has 0 saturated carbocycles. The predicted octanol–water partition coefficient (Wildman–Crippen LogP) is 4.46. The zero-order chi connectivity index (χ0) is 13.7.